The summed E-state index contributed by atoms with van der Waals surface area (Å²) in [6.07, 6.45) is -3.10. The Hall–Kier alpha value is -2.37. The van der Waals surface area contributed by atoms with Gasteiger partial charge in [0.2, 0.25) is 0 Å². The summed E-state index contributed by atoms with van der Waals surface area (Å²) in [4.78, 5) is 14.5. The molecule has 6 heteroatoms. The molecule has 1 aromatic heterocycles. The minimum Gasteiger partial charge on any atom is -0.481 e. The van der Waals surface area contributed by atoms with Crippen molar-refractivity contribution >= 4 is 5.97 Å². The third kappa shape index (κ3) is 3.34. The number of halogens is 3. The van der Waals surface area contributed by atoms with Gasteiger partial charge in [-0.1, -0.05) is 18.2 Å². The number of aliphatic carboxylic acids is 1. The first-order valence-corrected chi connectivity index (χ1v) is 5.70. The molecule has 104 valence electrons. The van der Waals surface area contributed by atoms with Gasteiger partial charge in [0.15, 0.2) is 0 Å². The van der Waals surface area contributed by atoms with Gasteiger partial charge in [0.25, 0.3) is 0 Å². The van der Waals surface area contributed by atoms with Crippen LogP contribution in [-0.4, -0.2) is 16.1 Å². The van der Waals surface area contributed by atoms with Crippen LogP contribution in [0.4, 0.5) is 13.2 Å². The summed E-state index contributed by atoms with van der Waals surface area (Å²) in [5.74, 6) is -0.986. The van der Waals surface area contributed by atoms with E-state index in [2.05, 4.69) is 4.98 Å². The van der Waals surface area contributed by atoms with Gasteiger partial charge in [0.1, 0.15) is 0 Å². The van der Waals surface area contributed by atoms with Crippen LogP contribution in [0, 0.1) is 0 Å². The van der Waals surface area contributed by atoms with Crippen LogP contribution >= 0.6 is 0 Å². The van der Waals surface area contributed by atoms with Crippen molar-refractivity contribution in [1.29, 1.82) is 0 Å². The maximum absolute atomic E-state index is 12.4. The Morgan fingerprint density at radius 1 is 1.05 bits per heavy atom. The fourth-order valence-electron chi connectivity index (χ4n) is 1.71. The SMILES string of the molecule is O=C(O)Cc1ccc(-c2ccc(C(F)(F)F)cc2)cn1. The summed E-state index contributed by atoms with van der Waals surface area (Å²) >= 11 is 0. The molecule has 1 aromatic carbocycles. The number of hydrogen-bond acceptors (Lipinski definition) is 2. The predicted octanol–water partition coefficient (Wildman–Crippen LogP) is 3.39. The first-order valence-electron chi connectivity index (χ1n) is 5.70. The van der Waals surface area contributed by atoms with E-state index in [1.165, 1.54) is 18.3 Å². The highest BCUT2D eigenvalue weighted by molar-refractivity contribution is 5.70. The number of carbonyl (C=O) groups is 1. The van der Waals surface area contributed by atoms with Gasteiger partial charge in [-0.2, -0.15) is 13.2 Å². The lowest BCUT2D eigenvalue weighted by Crippen LogP contribution is -2.04. The third-order valence-corrected chi connectivity index (χ3v) is 2.70. The highest BCUT2D eigenvalue weighted by atomic mass is 19.4. The summed E-state index contributed by atoms with van der Waals surface area (Å²) in [6.45, 7) is 0. The molecule has 0 radical (unpaired) electrons. The number of nitrogens with zero attached hydrogens (tertiary/aromatic N) is 1. The molecule has 0 saturated carbocycles. The molecule has 0 aliphatic rings. The Morgan fingerprint density at radius 2 is 1.65 bits per heavy atom. The highest BCUT2D eigenvalue weighted by Gasteiger charge is 2.29. The summed E-state index contributed by atoms with van der Waals surface area (Å²) in [5.41, 5.74) is 0.908. The number of aromatic nitrogens is 1. The van der Waals surface area contributed by atoms with Crippen LogP contribution in [0.15, 0.2) is 42.6 Å². The maximum atomic E-state index is 12.4. The minimum absolute atomic E-state index is 0.187. The number of benzene rings is 1. The number of pyridine rings is 1. The van der Waals surface area contributed by atoms with Crippen LogP contribution in [0.5, 0.6) is 0 Å². The van der Waals surface area contributed by atoms with Gasteiger partial charge in [-0.05, 0) is 23.8 Å². The van der Waals surface area contributed by atoms with Crippen molar-refractivity contribution < 1.29 is 23.1 Å². The Morgan fingerprint density at radius 3 is 2.10 bits per heavy atom. The average Bonchev–Trinajstić information content (AvgIpc) is 2.38. The lowest BCUT2D eigenvalue weighted by atomic mass is 10.0. The summed E-state index contributed by atoms with van der Waals surface area (Å²) in [7, 11) is 0. The van der Waals surface area contributed by atoms with Crippen LogP contribution in [-0.2, 0) is 17.4 Å². The molecule has 0 unspecified atom stereocenters. The first-order chi connectivity index (χ1) is 9.36. The molecule has 0 aliphatic heterocycles. The molecule has 0 atom stereocenters. The zero-order valence-corrected chi connectivity index (χ0v) is 10.2. The molecule has 0 fully saturated rings. The van der Waals surface area contributed by atoms with E-state index in [0.717, 1.165) is 12.1 Å². The van der Waals surface area contributed by atoms with E-state index in [9.17, 15) is 18.0 Å². The van der Waals surface area contributed by atoms with E-state index in [0.29, 0.717) is 16.8 Å². The number of rotatable bonds is 3. The van der Waals surface area contributed by atoms with E-state index >= 15 is 0 Å². The predicted molar refractivity (Wildman–Crippen MR) is 66.0 cm³/mol. The summed E-state index contributed by atoms with van der Waals surface area (Å²) in [6, 6.07) is 7.89. The Bertz CT molecular complexity index is 604. The van der Waals surface area contributed by atoms with Gasteiger partial charge in [-0.25, -0.2) is 0 Å². The molecule has 0 aliphatic carbocycles. The lowest BCUT2D eigenvalue weighted by Gasteiger charge is -2.07. The van der Waals surface area contributed by atoms with Crippen LogP contribution in [0.3, 0.4) is 0 Å². The number of carboxylic acid groups (broad SMARTS) is 1. The number of hydrogen-bond donors (Lipinski definition) is 1. The molecule has 20 heavy (non-hydrogen) atoms. The fraction of sp³-hybridized carbons (Fsp3) is 0.143. The second-order valence-electron chi connectivity index (χ2n) is 4.18. The summed E-state index contributed by atoms with van der Waals surface area (Å²) < 4.78 is 37.3. The van der Waals surface area contributed by atoms with Gasteiger partial charge in [-0.15, -0.1) is 0 Å². The van der Waals surface area contributed by atoms with Gasteiger partial charge < -0.3 is 5.11 Å². The van der Waals surface area contributed by atoms with Crippen LogP contribution in [0.25, 0.3) is 11.1 Å². The lowest BCUT2D eigenvalue weighted by molar-refractivity contribution is -0.138. The van der Waals surface area contributed by atoms with Crippen LogP contribution in [0.1, 0.15) is 11.3 Å². The van der Waals surface area contributed by atoms with E-state index in [1.54, 1.807) is 12.1 Å². The number of carboxylic acids is 1. The van der Waals surface area contributed by atoms with Crippen molar-refractivity contribution in [2.24, 2.45) is 0 Å². The molecule has 2 aromatic rings. The maximum Gasteiger partial charge on any atom is 0.416 e. The smallest absolute Gasteiger partial charge is 0.416 e. The zero-order chi connectivity index (χ0) is 14.8. The molecule has 0 spiro atoms. The van der Waals surface area contributed by atoms with Crippen molar-refractivity contribution in [2.75, 3.05) is 0 Å². The zero-order valence-electron chi connectivity index (χ0n) is 10.2. The molecule has 0 bridgehead atoms. The first kappa shape index (κ1) is 14.0. The summed E-state index contributed by atoms with van der Waals surface area (Å²) in [5, 5.41) is 8.61. The Balaban J connectivity index is 2.21. The van der Waals surface area contributed by atoms with Crippen LogP contribution in [0.2, 0.25) is 0 Å². The average molecular weight is 281 g/mol. The van der Waals surface area contributed by atoms with Crippen molar-refractivity contribution in [2.45, 2.75) is 12.6 Å². The van der Waals surface area contributed by atoms with Gasteiger partial charge in [0, 0.05) is 11.8 Å². The van der Waals surface area contributed by atoms with Crippen molar-refractivity contribution in [1.82, 2.24) is 4.98 Å². The van der Waals surface area contributed by atoms with Crippen LogP contribution < -0.4 is 0 Å². The van der Waals surface area contributed by atoms with E-state index < -0.39 is 17.7 Å². The normalized spacial score (nSPS) is 11.3. The van der Waals surface area contributed by atoms with Crippen molar-refractivity contribution in [3.05, 3.63) is 53.9 Å². The largest absolute Gasteiger partial charge is 0.481 e. The number of alkyl halides is 3. The minimum atomic E-state index is -4.36. The molecule has 1 heterocycles. The Kier molecular flexibility index (Phi) is 3.74. The van der Waals surface area contributed by atoms with Gasteiger partial charge in [-0.3, -0.25) is 9.78 Å². The molecule has 2 rings (SSSR count). The molecular weight excluding hydrogens is 271 g/mol. The van der Waals surface area contributed by atoms with Gasteiger partial charge in [0.05, 0.1) is 17.7 Å². The second kappa shape index (κ2) is 5.32. The highest BCUT2D eigenvalue weighted by Crippen LogP contribution is 2.30. The standard InChI is InChI=1S/C14H10F3NO2/c15-14(16,17)11-4-1-9(2-5-11)10-3-6-12(18-8-10)7-13(19)20/h1-6,8H,7H2,(H,19,20). The third-order valence-electron chi connectivity index (χ3n) is 2.70. The van der Waals surface area contributed by atoms with Crippen molar-refractivity contribution in [3.8, 4) is 11.1 Å². The second-order valence-corrected chi connectivity index (χ2v) is 4.18. The quantitative estimate of drug-likeness (QED) is 0.938. The van der Waals surface area contributed by atoms with E-state index in [4.69, 9.17) is 5.11 Å². The Labute approximate surface area is 112 Å². The van der Waals surface area contributed by atoms with Crippen molar-refractivity contribution in [3.63, 3.8) is 0 Å². The topological polar surface area (TPSA) is 50.2 Å². The monoisotopic (exact) mass is 281 g/mol. The molecule has 3 nitrogen and oxygen atoms in total. The fourth-order valence-corrected chi connectivity index (χ4v) is 1.71. The molecule has 0 saturated heterocycles. The van der Waals surface area contributed by atoms with E-state index in [-0.39, 0.29) is 6.42 Å². The molecule has 1 N–H and O–H groups in total. The van der Waals surface area contributed by atoms with Gasteiger partial charge >= 0.3 is 12.1 Å². The van der Waals surface area contributed by atoms with E-state index in [1.807, 2.05) is 0 Å². The molecule has 0 amide bonds. The molecular formula is C14H10F3NO2.